The third kappa shape index (κ3) is 4.37. The molecule has 1 aromatic carbocycles. The van der Waals surface area contributed by atoms with Crippen molar-refractivity contribution >= 4 is 21.9 Å². The zero-order chi connectivity index (χ0) is 20.3. The van der Waals surface area contributed by atoms with E-state index in [0.717, 1.165) is 12.8 Å². The van der Waals surface area contributed by atoms with Crippen molar-refractivity contribution in [1.82, 2.24) is 9.21 Å². The number of likely N-dealkylation sites (tertiary alicyclic amines) is 1. The minimum atomic E-state index is -3.74. The van der Waals surface area contributed by atoms with Crippen molar-refractivity contribution in [1.29, 1.82) is 0 Å². The Hall–Kier alpha value is -1.97. The van der Waals surface area contributed by atoms with Crippen LogP contribution in [0.25, 0.3) is 0 Å². The van der Waals surface area contributed by atoms with Crippen molar-refractivity contribution in [3.63, 3.8) is 0 Å². The number of morpholine rings is 1. The van der Waals surface area contributed by atoms with Crippen molar-refractivity contribution in [3.05, 3.63) is 29.3 Å². The average molecular weight is 410 g/mol. The summed E-state index contributed by atoms with van der Waals surface area (Å²) in [5.74, 6) is -0.933. The Morgan fingerprint density at radius 3 is 2.39 bits per heavy atom. The maximum absolute atomic E-state index is 12.9. The number of amides is 1. The molecule has 3 rings (SSSR count). The Morgan fingerprint density at radius 1 is 1.11 bits per heavy atom. The molecule has 1 amide bonds. The van der Waals surface area contributed by atoms with Gasteiger partial charge in [-0.2, -0.15) is 4.31 Å². The number of aryl methyl sites for hydroxylation is 1. The Kier molecular flexibility index (Phi) is 6.36. The second-order valence-electron chi connectivity index (χ2n) is 7.08. The lowest BCUT2D eigenvalue weighted by Crippen LogP contribution is -2.41. The summed E-state index contributed by atoms with van der Waals surface area (Å²) < 4.78 is 37.8. The van der Waals surface area contributed by atoms with E-state index in [1.165, 1.54) is 23.4 Å². The predicted molar refractivity (Wildman–Crippen MR) is 101 cm³/mol. The minimum Gasteiger partial charge on any atom is -0.449 e. The summed E-state index contributed by atoms with van der Waals surface area (Å²) in [4.78, 5) is 26.6. The normalized spacial score (nSPS) is 19.4. The molecule has 0 saturated carbocycles. The second kappa shape index (κ2) is 8.59. The van der Waals surface area contributed by atoms with Crippen LogP contribution in [0.1, 0.15) is 35.7 Å². The van der Waals surface area contributed by atoms with Crippen LogP contribution in [0.5, 0.6) is 0 Å². The van der Waals surface area contributed by atoms with Gasteiger partial charge in [0.15, 0.2) is 6.10 Å². The molecule has 1 atom stereocenters. The van der Waals surface area contributed by atoms with Gasteiger partial charge >= 0.3 is 5.97 Å². The molecule has 1 aromatic rings. The van der Waals surface area contributed by atoms with Crippen LogP contribution in [0.15, 0.2) is 23.1 Å². The van der Waals surface area contributed by atoms with E-state index in [0.29, 0.717) is 31.9 Å². The zero-order valence-corrected chi connectivity index (χ0v) is 17.0. The van der Waals surface area contributed by atoms with Crippen molar-refractivity contribution < 1.29 is 27.5 Å². The highest BCUT2D eigenvalue weighted by Gasteiger charge is 2.30. The van der Waals surface area contributed by atoms with Gasteiger partial charge < -0.3 is 14.4 Å². The van der Waals surface area contributed by atoms with Crippen molar-refractivity contribution in [2.75, 3.05) is 39.4 Å². The highest BCUT2D eigenvalue weighted by Crippen LogP contribution is 2.23. The molecule has 2 fully saturated rings. The third-order valence-corrected chi connectivity index (χ3v) is 7.10. The van der Waals surface area contributed by atoms with Crippen molar-refractivity contribution in [2.24, 2.45) is 0 Å². The van der Waals surface area contributed by atoms with Gasteiger partial charge in [0.2, 0.25) is 10.0 Å². The monoisotopic (exact) mass is 410 g/mol. The van der Waals surface area contributed by atoms with Crippen LogP contribution < -0.4 is 0 Å². The average Bonchev–Trinajstić information content (AvgIpc) is 3.23. The standard InChI is InChI=1S/C19H26N2O6S/c1-14-5-6-16(13-17(14)28(24,25)21-9-11-26-12-10-21)19(23)27-15(2)18(22)20-7-3-4-8-20/h5-6,13,15H,3-4,7-12H2,1-2H3/t15-/m1/s1. The van der Waals surface area contributed by atoms with Gasteiger partial charge in [-0.25, -0.2) is 13.2 Å². The number of hydrogen-bond acceptors (Lipinski definition) is 6. The van der Waals surface area contributed by atoms with Gasteiger partial charge in [-0.15, -0.1) is 0 Å². The highest BCUT2D eigenvalue weighted by atomic mass is 32.2. The highest BCUT2D eigenvalue weighted by molar-refractivity contribution is 7.89. The lowest BCUT2D eigenvalue weighted by molar-refractivity contribution is -0.138. The number of carbonyl (C=O) groups is 2. The topological polar surface area (TPSA) is 93.2 Å². The molecule has 0 N–H and O–H groups in total. The maximum atomic E-state index is 12.9. The number of esters is 1. The molecule has 0 aromatic heterocycles. The second-order valence-corrected chi connectivity index (χ2v) is 8.98. The smallest absolute Gasteiger partial charge is 0.338 e. The van der Waals surface area contributed by atoms with E-state index in [4.69, 9.17) is 9.47 Å². The number of rotatable bonds is 5. The van der Waals surface area contributed by atoms with Gasteiger partial charge in [0, 0.05) is 26.2 Å². The van der Waals surface area contributed by atoms with Crippen LogP contribution in [-0.4, -0.2) is 75.0 Å². The van der Waals surface area contributed by atoms with Crippen LogP contribution in [0.3, 0.4) is 0 Å². The van der Waals surface area contributed by atoms with Crippen LogP contribution in [-0.2, 0) is 24.3 Å². The quantitative estimate of drug-likeness (QED) is 0.677. The number of sulfonamides is 1. The van der Waals surface area contributed by atoms with Gasteiger partial charge in [-0.3, -0.25) is 4.79 Å². The summed E-state index contributed by atoms with van der Waals surface area (Å²) in [7, 11) is -3.74. The molecule has 0 aliphatic carbocycles. The van der Waals surface area contributed by atoms with E-state index >= 15 is 0 Å². The number of carbonyl (C=O) groups excluding carboxylic acids is 2. The predicted octanol–water partition coefficient (Wildman–Crippen LogP) is 1.18. The van der Waals surface area contributed by atoms with E-state index in [9.17, 15) is 18.0 Å². The molecule has 0 radical (unpaired) electrons. The molecule has 2 aliphatic heterocycles. The molecule has 2 aliphatic rings. The molecule has 0 bridgehead atoms. The van der Waals surface area contributed by atoms with E-state index < -0.39 is 22.1 Å². The molecule has 9 heteroatoms. The summed E-state index contributed by atoms with van der Waals surface area (Å²) >= 11 is 0. The molecule has 0 spiro atoms. The van der Waals surface area contributed by atoms with Gasteiger partial charge in [-0.1, -0.05) is 6.07 Å². The van der Waals surface area contributed by atoms with Crippen LogP contribution in [0.2, 0.25) is 0 Å². The fourth-order valence-corrected chi connectivity index (χ4v) is 5.06. The molecule has 2 saturated heterocycles. The summed E-state index contributed by atoms with van der Waals surface area (Å²) in [6.07, 6.45) is 0.992. The first-order chi connectivity index (χ1) is 13.3. The van der Waals surface area contributed by atoms with Gasteiger partial charge in [-0.05, 0) is 44.4 Å². The Bertz CT molecular complexity index is 842. The molecule has 2 heterocycles. The van der Waals surface area contributed by atoms with Gasteiger partial charge in [0.05, 0.1) is 23.7 Å². The molecule has 28 heavy (non-hydrogen) atoms. The number of ether oxygens (including phenoxy) is 2. The van der Waals surface area contributed by atoms with Crippen molar-refractivity contribution in [3.8, 4) is 0 Å². The zero-order valence-electron chi connectivity index (χ0n) is 16.2. The first kappa shape index (κ1) is 20.8. The lowest BCUT2D eigenvalue weighted by atomic mass is 10.1. The van der Waals surface area contributed by atoms with E-state index in [-0.39, 0.29) is 29.5 Å². The lowest BCUT2D eigenvalue weighted by Gasteiger charge is -2.26. The fourth-order valence-electron chi connectivity index (χ4n) is 3.40. The Balaban J connectivity index is 1.76. The SMILES string of the molecule is Cc1ccc(C(=O)O[C@H](C)C(=O)N2CCCC2)cc1S(=O)(=O)N1CCOCC1. The maximum Gasteiger partial charge on any atom is 0.338 e. The summed E-state index contributed by atoms with van der Waals surface area (Å²) in [6.45, 7) is 5.81. The molecule has 8 nitrogen and oxygen atoms in total. The molecular weight excluding hydrogens is 384 g/mol. The largest absolute Gasteiger partial charge is 0.449 e. The number of hydrogen-bond donors (Lipinski definition) is 0. The molecular formula is C19H26N2O6S. The number of benzene rings is 1. The minimum absolute atomic E-state index is 0.0716. The van der Waals surface area contributed by atoms with Crippen LogP contribution >= 0.6 is 0 Å². The van der Waals surface area contributed by atoms with Gasteiger partial charge in [0.25, 0.3) is 5.91 Å². The molecule has 154 valence electrons. The Morgan fingerprint density at radius 2 is 1.75 bits per heavy atom. The van der Waals surface area contributed by atoms with E-state index in [1.54, 1.807) is 17.9 Å². The first-order valence-electron chi connectivity index (χ1n) is 9.49. The van der Waals surface area contributed by atoms with Crippen LogP contribution in [0, 0.1) is 6.92 Å². The number of nitrogens with zero attached hydrogens (tertiary/aromatic N) is 2. The summed E-state index contributed by atoms with van der Waals surface area (Å²) in [5.41, 5.74) is 0.655. The Labute approximate surface area is 165 Å². The van der Waals surface area contributed by atoms with E-state index in [1.807, 2.05) is 0 Å². The van der Waals surface area contributed by atoms with Crippen LogP contribution in [0.4, 0.5) is 0 Å². The first-order valence-corrected chi connectivity index (χ1v) is 10.9. The van der Waals surface area contributed by atoms with E-state index in [2.05, 4.69) is 0 Å². The summed E-state index contributed by atoms with van der Waals surface area (Å²) in [5, 5.41) is 0. The van der Waals surface area contributed by atoms with Crippen molar-refractivity contribution in [2.45, 2.75) is 37.7 Å². The fraction of sp³-hybridized carbons (Fsp3) is 0.579. The third-order valence-electron chi connectivity index (χ3n) is 5.06. The molecule has 0 unspecified atom stereocenters. The summed E-state index contributed by atoms with van der Waals surface area (Å²) in [6, 6.07) is 4.43. The van der Waals surface area contributed by atoms with Gasteiger partial charge in [0.1, 0.15) is 0 Å².